The third-order valence-electron chi connectivity index (χ3n) is 2.48. The van der Waals surface area contributed by atoms with E-state index in [0.29, 0.717) is 18.9 Å². The Labute approximate surface area is 130 Å². The van der Waals surface area contributed by atoms with Crippen molar-refractivity contribution in [3.63, 3.8) is 0 Å². The molecule has 5 nitrogen and oxygen atoms in total. The van der Waals surface area contributed by atoms with Crippen LogP contribution < -0.4 is 10.5 Å². The number of benzene rings is 1. The molecule has 0 aliphatic rings. The van der Waals surface area contributed by atoms with Gasteiger partial charge in [0.15, 0.2) is 0 Å². The molecule has 0 radical (unpaired) electrons. The molecule has 0 bridgehead atoms. The van der Waals surface area contributed by atoms with E-state index in [-0.39, 0.29) is 10.7 Å². The van der Waals surface area contributed by atoms with Gasteiger partial charge >= 0.3 is 0 Å². The molecule has 7 heteroatoms. The van der Waals surface area contributed by atoms with Crippen LogP contribution in [0.15, 0.2) is 29.6 Å². The lowest BCUT2D eigenvalue weighted by Gasteiger charge is -2.06. The summed E-state index contributed by atoms with van der Waals surface area (Å²) in [5, 5.41) is 12.7. The maximum Gasteiger partial charge on any atom is 0.271 e. The number of nitrogens with two attached hydrogens (primary N) is 1. The monoisotopic (exact) mass is 322 g/mol. The average Bonchev–Trinajstić information content (AvgIpc) is 2.91. The molecule has 0 aliphatic carbocycles. The Morgan fingerprint density at radius 3 is 2.90 bits per heavy atom. The highest BCUT2D eigenvalue weighted by Crippen LogP contribution is 2.29. The van der Waals surface area contributed by atoms with Gasteiger partial charge in [0.2, 0.25) is 0 Å². The van der Waals surface area contributed by atoms with Crippen molar-refractivity contribution >= 4 is 28.6 Å². The number of nitro benzene ring substituents is 1. The van der Waals surface area contributed by atoms with E-state index in [1.54, 1.807) is 0 Å². The van der Waals surface area contributed by atoms with Crippen molar-refractivity contribution in [2.24, 2.45) is 5.73 Å². The minimum Gasteiger partial charge on any atom is -0.486 e. The molecule has 0 fully saturated rings. The minimum absolute atomic E-state index is 0.0668. The van der Waals surface area contributed by atoms with Crippen molar-refractivity contribution in [2.45, 2.75) is 6.61 Å². The summed E-state index contributed by atoms with van der Waals surface area (Å²) in [4.78, 5) is 11.1. The van der Waals surface area contributed by atoms with Crippen LogP contribution in [0.3, 0.4) is 0 Å². The van der Waals surface area contributed by atoms with Gasteiger partial charge in [-0.25, -0.2) is 0 Å². The maximum absolute atomic E-state index is 10.6. The van der Waals surface area contributed by atoms with Crippen molar-refractivity contribution in [3.8, 4) is 17.6 Å². The van der Waals surface area contributed by atoms with Crippen LogP contribution in [0.2, 0.25) is 5.02 Å². The number of ether oxygens (including phenoxy) is 1. The van der Waals surface area contributed by atoms with Gasteiger partial charge in [-0.15, -0.1) is 11.3 Å². The second-order valence-electron chi connectivity index (χ2n) is 3.97. The van der Waals surface area contributed by atoms with Gasteiger partial charge in [0.25, 0.3) is 5.69 Å². The molecule has 2 aromatic rings. The molecule has 2 rings (SSSR count). The standard InChI is InChI=1S/C14H11ClN2O3S/c15-13-7-11(17(18)19)3-4-14(13)20-8-12-6-10(9-21-12)2-1-5-16/h3-4,6-7,9H,5,8,16H2. The van der Waals surface area contributed by atoms with E-state index >= 15 is 0 Å². The van der Waals surface area contributed by atoms with E-state index in [2.05, 4.69) is 11.8 Å². The van der Waals surface area contributed by atoms with Crippen molar-refractivity contribution in [1.82, 2.24) is 0 Å². The second kappa shape index (κ2) is 7.09. The quantitative estimate of drug-likeness (QED) is 0.532. The molecule has 0 saturated carbocycles. The molecule has 1 aromatic carbocycles. The number of nitrogens with zero attached hydrogens (tertiary/aromatic N) is 1. The van der Waals surface area contributed by atoms with Gasteiger partial charge in [0, 0.05) is 28.0 Å². The number of non-ortho nitro benzene ring substituents is 1. The largest absolute Gasteiger partial charge is 0.486 e. The molecule has 2 N–H and O–H groups in total. The summed E-state index contributed by atoms with van der Waals surface area (Å²) in [6, 6.07) is 6.02. The van der Waals surface area contributed by atoms with E-state index in [4.69, 9.17) is 22.1 Å². The Morgan fingerprint density at radius 2 is 2.24 bits per heavy atom. The van der Waals surface area contributed by atoms with Gasteiger partial charge < -0.3 is 10.5 Å². The van der Waals surface area contributed by atoms with Crippen LogP contribution in [-0.2, 0) is 6.61 Å². The SMILES string of the molecule is NCC#Cc1csc(COc2ccc([N+](=O)[O-])cc2Cl)c1. The molecular formula is C14H11ClN2O3S. The number of hydrogen-bond acceptors (Lipinski definition) is 5. The zero-order valence-corrected chi connectivity index (χ0v) is 12.4. The normalized spacial score (nSPS) is 9.81. The van der Waals surface area contributed by atoms with Crippen molar-refractivity contribution in [2.75, 3.05) is 6.54 Å². The summed E-state index contributed by atoms with van der Waals surface area (Å²) >= 11 is 7.46. The number of rotatable bonds is 4. The van der Waals surface area contributed by atoms with Gasteiger partial charge in [-0.2, -0.15) is 0 Å². The first-order valence-corrected chi connectivity index (χ1v) is 7.19. The Bertz CT molecular complexity index is 718. The van der Waals surface area contributed by atoms with Gasteiger partial charge in [-0.3, -0.25) is 10.1 Å². The summed E-state index contributed by atoms with van der Waals surface area (Å²) in [5.74, 6) is 6.12. The topological polar surface area (TPSA) is 78.4 Å². The molecule has 0 spiro atoms. The van der Waals surface area contributed by atoms with Gasteiger partial charge in [-0.1, -0.05) is 23.4 Å². The van der Waals surface area contributed by atoms with E-state index in [1.165, 1.54) is 29.5 Å². The number of thiophene rings is 1. The summed E-state index contributed by atoms with van der Waals surface area (Å²) in [5.41, 5.74) is 6.13. The third-order valence-corrected chi connectivity index (χ3v) is 3.69. The Kier molecular flexibility index (Phi) is 5.17. The number of halogens is 1. The lowest BCUT2D eigenvalue weighted by atomic mass is 10.3. The maximum atomic E-state index is 10.6. The first kappa shape index (κ1) is 15.3. The van der Waals surface area contributed by atoms with Crippen molar-refractivity contribution in [1.29, 1.82) is 0 Å². The third kappa shape index (κ3) is 4.20. The predicted molar refractivity (Wildman–Crippen MR) is 82.7 cm³/mol. The van der Waals surface area contributed by atoms with Crippen LogP contribution >= 0.6 is 22.9 Å². The smallest absolute Gasteiger partial charge is 0.271 e. The molecule has 0 unspecified atom stereocenters. The Balaban J connectivity index is 2.03. The molecule has 21 heavy (non-hydrogen) atoms. The highest BCUT2D eigenvalue weighted by Gasteiger charge is 2.10. The van der Waals surface area contributed by atoms with Crippen LogP contribution in [0.4, 0.5) is 5.69 Å². The van der Waals surface area contributed by atoms with Crippen LogP contribution in [-0.4, -0.2) is 11.5 Å². The molecule has 0 amide bonds. The first-order chi connectivity index (χ1) is 10.1. The highest BCUT2D eigenvalue weighted by atomic mass is 35.5. The van der Waals surface area contributed by atoms with E-state index in [0.717, 1.165) is 10.4 Å². The summed E-state index contributed by atoms with van der Waals surface area (Å²) < 4.78 is 5.56. The zero-order chi connectivity index (χ0) is 15.2. The van der Waals surface area contributed by atoms with Gasteiger partial charge in [0.05, 0.1) is 16.5 Å². The highest BCUT2D eigenvalue weighted by molar-refractivity contribution is 7.10. The van der Waals surface area contributed by atoms with Crippen LogP contribution in [0, 0.1) is 22.0 Å². The summed E-state index contributed by atoms with van der Waals surface area (Å²) in [6.45, 7) is 0.645. The summed E-state index contributed by atoms with van der Waals surface area (Å²) in [7, 11) is 0. The molecule has 0 aliphatic heterocycles. The second-order valence-corrected chi connectivity index (χ2v) is 5.37. The fourth-order valence-corrected chi connectivity index (χ4v) is 2.50. The minimum atomic E-state index is -0.503. The Hall–Kier alpha value is -2.07. The number of nitro groups is 1. The zero-order valence-electron chi connectivity index (χ0n) is 10.8. The number of hydrogen-bond donors (Lipinski definition) is 1. The van der Waals surface area contributed by atoms with Crippen LogP contribution in [0.5, 0.6) is 5.75 Å². The van der Waals surface area contributed by atoms with Crippen LogP contribution in [0.25, 0.3) is 0 Å². The van der Waals surface area contributed by atoms with Gasteiger partial charge in [0.1, 0.15) is 12.4 Å². The molecule has 0 atom stereocenters. The van der Waals surface area contributed by atoms with Crippen LogP contribution in [0.1, 0.15) is 10.4 Å². The predicted octanol–water partition coefficient (Wildman–Crippen LogP) is 3.20. The first-order valence-electron chi connectivity index (χ1n) is 5.93. The molecule has 1 aromatic heterocycles. The molecular weight excluding hydrogens is 312 g/mol. The van der Waals surface area contributed by atoms with E-state index in [9.17, 15) is 10.1 Å². The Morgan fingerprint density at radius 1 is 1.43 bits per heavy atom. The fraction of sp³-hybridized carbons (Fsp3) is 0.143. The summed E-state index contributed by atoms with van der Waals surface area (Å²) in [6.07, 6.45) is 0. The molecule has 1 heterocycles. The molecule has 108 valence electrons. The van der Waals surface area contributed by atoms with Crippen molar-refractivity contribution in [3.05, 3.63) is 55.2 Å². The lowest BCUT2D eigenvalue weighted by molar-refractivity contribution is -0.384. The van der Waals surface area contributed by atoms with Gasteiger partial charge in [-0.05, 0) is 12.1 Å². The van der Waals surface area contributed by atoms with E-state index < -0.39 is 4.92 Å². The van der Waals surface area contributed by atoms with Crippen molar-refractivity contribution < 1.29 is 9.66 Å². The average molecular weight is 323 g/mol. The van der Waals surface area contributed by atoms with E-state index in [1.807, 2.05) is 11.4 Å². The lowest BCUT2D eigenvalue weighted by Crippen LogP contribution is -1.95. The molecule has 0 saturated heterocycles. The fourth-order valence-electron chi connectivity index (χ4n) is 1.54.